The van der Waals surface area contributed by atoms with Crippen molar-refractivity contribution in [1.82, 2.24) is 10.2 Å². The fourth-order valence-electron chi connectivity index (χ4n) is 3.19. The number of rotatable bonds is 7. The van der Waals surface area contributed by atoms with E-state index < -0.39 is 0 Å². The summed E-state index contributed by atoms with van der Waals surface area (Å²) >= 11 is 0. The van der Waals surface area contributed by atoms with Gasteiger partial charge in [0.2, 0.25) is 0 Å². The smallest absolute Gasteiger partial charge is 0.0236 e. The van der Waals surface area contributed by atoms with E-state index in [9.17, 15) is 0 Å². The van der Waals surface area contributed by atoms with Crippen molar-refractivity contribution >= 4 is 0 Å². The predicted octanol–water partition coefficient (Wildman–Crippen LogP) is 3.56. The molecule has 0 bridgehead atoms. The maximum Gasteiger partial charge on any atom is 0.0236 e. The lowest BCUT2D eigenvalue weighted by Gasteiger charge is -2.18. The lowest BCUT2D eigenvalue weighted by atomic mass is 10.0. The van der Waals surface area contributed by atoms with Crippen molar-refractivity contribution in [2.75, 3.05) is 26.2 Å². The van der Waals surface area contributed by atoms with Gasteiger partial charge in [0.25, 0.3) is 0 Å². The standard InChI is InChI=1S/C19H32N2/c1-15(2)11-20-10-9-18-7-5-6-8-19(18)14-21-12-16(3)17(4)13-21/h5-8,15-17,20H,9-14H2,1-4H3. The van der Waals surface area contributed by atoms with Gasteiger partial charge >= 0.3 is 0 Å². The minimum absolute atomic E-state index is 0.729. The maximum atomic E-state index is 3.55. The molecule has 2 atom stereocenters. The van der Waals surface area contributed by atoms with Gasteiger partial charge in [-0.1, -0.05) is 52.0 Å². The second kappa shape index (κ2) is 7.95. The molecule has 1 saturated heterocycles. The Bertz CT molecular complexity index is 417. The van der Waals surface area contributed by atoms with Gasteiger partial charge in [0.15, 0.2) is 0 Å². The van der Waals surface area contributed by atoms with Gasteiger partial charge < -0.3 is 5.32 Å². The summed E-state index contributed by atoms with van der Waals surface area (Å²) in [5, 5.41) is 3.55. The third-order valence-electron chi connectivity index (χ3n) is 4.70. The number of likely N-dealkylation sites (tertiary alicyclic amines) is 1. The molecule has 118 valence electrons. The van der Waals surface area contributed by atoms with Crippen LogP contribution in [0.4, 0.5) is 0 Å². The lowest BCUT2D eigenvalue weighted by molar-refractivity contribution is 0.315. The summed E-state index contributed by atoms with van der Waals surface area (Å²) in [6.45, 7) is 15.1. The van der Waals surface area contributed by atoms with Gasteiger partial charge in [-0.15, -0.1) is 0 Å². The number of hydrogen-bond donors (Lipinski definition) is 1. The fraction of sp³-hybridized carbons (Fsp3) is 0.684. The van der Waals surface area contributed by atoms with Gasteiger partial charge in [-0.05, 0) is 48.4 Å². The summed E-state index contributed by atoms with van der Waals surface area (Å²) in [4.78, 5) is 2.62. The molecule has 1 aromatic rings. The molecule has 21 heavy (non-hydrogen) atoms. The molecule has 0 saturated carbocycles. The summed E-state index contributed by atoms with van der Waals surface area (Å²) in [5.74, 6) is 2.41. The number of hydrogen-bond acceptors (Lipinski definition) is 2. The molecule has 1 aliphatic rings. The lowest BCUT2D eigenvalue weighted by Crippen LogP contribution is -2.24. The Labute approximate surface area is 130 Å². The molecule has 1 fully saturated rings. The third-order valence-corrected chi connectivity index (χ3v) is 4.70. The van der Waals surface area contributed by atoms with Crippen LogP contribution in [0.1, 0.15) is 38.8 Å². The minimum atomic E-state index is 0.729. The molecule has 0 aliphatic carbocycles. The van der Waals surface area contributed by atoms with E-state index in [1.54, 1.807) is 0 Å². The van der Waals surface area contributed by atoms with E-state index in [-0.39, 0.29) is 0 Å². The first-order chi connectivity index (χ1) is 10.1. The van der Waals surface area contributed by atoms with Crippen LogP contribution in [0.5, 0.6) is 0 Å². The van der Waals surface area contributed by atoms with Crippen molar-refractivity contribution in [3.8, 4) is 0 Å². The largest absolute Gasteiger partial charge is 0.316 e. The Kier molecular flexibility index (Phi) is 6.25. The van der Waals surface area contributed by atoms with Crippen LogP contribution < -0.4 is 5.32 Å². The van der Waals surface area contributed by atoms with E-state index in [2.05, 4.69) is 62.2 Å². The first-order valence-electron chi connectivity index (χ1n) is 8.56. The van der Waals surface area contributed by atoms with Gasteiger partial charge in [0, 0.05) is 19.6 Å². The molecule has 1 heterocycles. The van der Waals surface area contributed by atoms with Gasteiger partial charge in [0.05, 0.1) is 0 Å². The molecular weight excluding hydrogens is 256 g/mol. The first-order valence-corrected chi connectivity index (χ1v) is 8.56. The highest BCUT2D eigenvalue weighted by atomic mass is 15.1. The second-order valence-electron chi connectivity index (χ2n) is 7.27. The SMILES string of the molecule is CC(C)CNCCc1ccccc1CN1CC(C)C(C)C1. The van der Waals surface area contributed by atoms with Crippen molar-refractivity contribution in [2.24, 2.45) is 17.8 Å². The van der Waals surface area contributed by atoms with Crippen LogP contribution in [0.25, 0.3) is 0 Å². The van der Waals surface area contributed by atoms with Crippen LogP contribution in [0.15, 0.2) is 24.3 Å². The van der Waals surface area contributed by atoms with E-state index in [1.165, 1.54) is 24.2 Å². The van der Waals surface area contributed by atoms with Crippen LogP contribution in [0.3, 0.4) is 0 Å². The molecule has 1 aromatic carbocycles. The summed E-state index contributed by atoms with van der Waals surface area (Å²) in [5.41, 5.74) is 3.03. The van der Waals surface area contributed by atoms with Crippen molar-refractivity contribution in [3.63, 3.8) is 0 Å². The Morgan fingerprint density at radius 1 is 1.10 bits per heavy atom. The van der Waals surface area contributed by atoms with Gasteiger partial charge in [-0.25, -0.2) is 0 Å². The summed E-state index contributed by atoms with van der Waals surface area (Å²) in [7, 11) is 0. The number of nitrogens with one attached hydrogen (secondary N) is 1. The minimum Gasteiger partial charge on any atom is -0.316 e. The summed E-state index contributed by atoms with van der Waals surface area (Å²) < 4.78 is 0. The Morgan fingerprint density at radius 2 is 1.71 bits per heavy atom. The van der Waals surface area contributed by atoms with Gasteiger partial charge in [0.1, 0.15) is 0 Å². The van der Waals surface area contributed by atoms with E-state index in [1.807, 2.05) is 0 Å². The van der Waals surface area contributed by atoms with Gasteiger partial charge in [-0.2, -0.15) is 0 Å². The number of benzene rings is 1. The summed E-state index contributed by atoms with van der Waals surface area (Å²) in [6, 6.07) is 8.97. The molecule has 0 aromatic heterocycles. The molecule has 2 unspecified atom stereocenters. The highest BCUT2D eigenvalue weighted by molar-refractivity contribution is 5.27. The molecule has 1 aliphatic heterocycles. The molecule has 2 nitrogen and oxygen atoms in total. The Hall–Kier alpha value is -0.860. The van der Waals surface area contributed by atoms with Crippen LogP contribution in [0.2, 0.25) is 0 Å². The van der Waals surface area contributed by atoms with E-state index in [0.29, 0.717) is 0 Å². The maximum absolute atomic E-state index is 3.55. The average molecular weight is 288 g/mol. The Balaban J connectivity index is 1.88. The zero-order valence-electron chi connectivity index (χ0n) is 14.2. The highest BCUT2D eigenvalue weighted by Gasteiger charge is 2.26. The zero-order valence-corrected chi connectivity index (χ0v) is 14.2. The van der Waals surface area contributed by atoms with Crippen LogP contribution >= 0.6 is 0 Å². The van der Waals surface area contributed by atoms with Gasteiger partial charge in [-0.3, -0.25) is 4.90 Å². The molecule has 0 spiro atoms. The molecule has 0 radical (unpaired) electrons. The van der Waals surface area contributed by atoms with Crippen molar-refractivity contribution in [2.45, 2.75) is 40.7 Å². The van der Waals surface area contributed by atoms with E-state index in [4.69, 9.17) is 0 Å². The monoisotopic (exact) mass is 288 g/mol. The number of nitrogens with zero attached hydrogens (tertiary/aromatic N) is 1. The summed E-state index contributed by atoms with van der Waals surface area (Å²) in [6.07, 6.45) is 1.14. The third kappa shape index (κ3) is 5.12. The fourth-order valence-corrected chi connectivity index (χ4v) is 3.19. The molecule has 1 N–H and O–H groups in total. The van der Waals surface area contributed by atoms with Crippen LogP contribution in [0, 0.1) is 17.8 Å². The normalized spacial score (nSPS) is 23.1. The molecular formula is C19H32N2. The quantitative estimate of drug-likeness (QED) is 0.772. The van der Waals surface area contributed by atoms with Crippen LogP contribution in [-0.2, 0) is 13.0 Å². The van der Waals surface area contributed by atoms with Crippen molar-refractivity contribution in [1.29, 1.82) is 0 Å². The first kappa shape index (κ1) is 16.5. The topological polar surface area (TPSA) is 15.3 Å². The van der Waals surface area contributed by atoms with Crippen molar-refractivity contribution < 1.29 is 0 Å². The average Bonchev–Trinajstić information content (AvgIpc) is 2.75. The highest BCUT2D eigenvalue weighted by Crippen LogP contribution is 2.24. The van der Waals surface area contributed by atoms with Crippen molar-refractivity contribution in [3.05, 3.63) is 35.4 Å². The Morgan fingerprint density at radius 3 is 2.33 bits per heavy atom. The van der Waals surface area contributed by atoms with E-state index >= 15 is 0 Å². The predicted molar refractivity (Wildman–Crippen MR) is 91.5 cm³/mol. The zero-order chi connectivity index (χ0) is 15.2. The molecule has 2 rings (SSSR count). The molecule has 2 heteroatoms. The molecule has 0 amide bonds. The van der Waals surface area contributed by atoms with Crippen LogP contribution in [-0.4, -0.2) is 31.1 Å². The second-order valence-corrected chi connectivity index (χ2v) is 7.27. The van der Waals surface area contributed by atoms with E-state index in [0.717, 1.165) is 43.8 Å².